The summed E-state index contributed by atoms with van der Waals surface area (Å²) in [4.78, 5) is 15.8. The molecule has 1 amide bonds. The predicted octanol–water partition coefficient (Wildman–Crippen LogP) is 1.15. The zero-order valence-corrected chi connectivity index (χ0v) is 11.3. The average Bonchev–Trinajstić information content (AvgIpc) is 2.43. The van der Waals surface area contributed by atoms with Crippen LogP contribution in [0.1, 0.15) is 25.3 Å². The van der Waals surface area contributed by atoms with E-state index in [-0.39, 0.29) is 12.0 Å². The first-order valence-electron chi connectivity index (χ1n) is 6.13. The number of carbonyl (C=O) groups is 1. The molecule has 0 saturated carbocycles. The lowest BCUT2D eigenvalue weighted by atomic mass is 10.2. The molecule has 0 radical (unpaired) electrons. The van der Waals surface area contributed by atoms with E-state index in [0.717, 1.165) is 5.56 Å². The maximum atomic E-state index is 11.7. The molecule has 0 saturated heterocycles. The second-order valence-electron chi connectivity index (χ2n) is 4.07. The summed E-state index contributed by atoms with van der Waals surface area (Å²) >= 11 is 0. The molecule has 1 aromatic heterocycles. The zero-order chi connectivity index (χ0) is 14.1. The molecule has 3 N–H and O–H groups in total. The predicted molar refractivity (Wildman–Crippen MR) is 74.5 cm³/mol. The van der Waals surface area contributed by atoms with E-state index in [0.29, 0.717) is 25.2 Å². The highest BCUT2D eigenvalue weighted by Crippen LogP contribution is 2.07. The van der Waals surface area contributed by atoms with Gasteiger partial charge in [-0.1, -0.05) is 11.8 Å². The van der Waals surface area contributed by atoms with E-state index >= 15 is 0 Å². The molecule has 1 heterocycles. The second kappa shape index (κ2) is 8.25. The number of hydrogen-bond acceptors (Lipinski definition) is 4. The molecule has 5 nitrogen and oxygen atoms in total. The number of aromatic nitrogens is 1. The second-order valence-corrected chi connectivity index (χ2v) is 4.07. The summed E-state index contributed by atoms with van der Waals surface area (Å²) in [5, 5.41) is 2.73. The molecular formula is C14H19N3O2. The average molecular weight is 261 g/mol. The number of methoxy groups -OCH3 is 1. The maximum absolute atomic E-state index is 11.7. The lowest BCUT2D eigenvalue weighted by molar-refractivity contribution is -0.116. The van der Waals surface area contributed by atoms with Gasteiger partial charge >= 0.3 is 0 Å². The number of ether oxygens (including phenoxy) is 1. The van der Waals surface area contributed by atoms with Gasteiger partial charge in [0.2, 0.25) is 5.91 Å². The Morgan fingerprint density at radius 2 is 2.42 bits per heavy atom. The van der Waals surface area contributed by atoms with Crippen molar-refractivity contribution in [1.82, 2.24) is 4.98 Å². The smallest absolute Gasteiger partial charge is 0.225 e. The van der Waals surface area contributed by atoms with Crippen molar-refractivity contribution in [3.63, 3.8) is 0 Å². The van der Waals surface area contributed by atoms with Gasteiger partial charge in [-0.05, 0) is 25.5 Å². The van der Waals surface area contributed by atoms with Gasteiger partial charge in [0.15, 0.2) is 0 Å². The monoisotopic (exact) mass is 261 g/mol. The van der Waals surface area contributed by atoms with Crippen molar-refractivity contribution in [2.45, 2.75) is 25.9 Å². The number of pyridine rings is 1. The molecule has 0 aliphatic heterocycles. The van der Waals surface area contributed by atoms with Crippen molar-refractivity contribution < 1.29 is 9.53 Å². The Bertz CT molecular complexity index is 477. The summed E-state index contributed by atoms with van der Waals surface area (Å²) < 4.78 is 5.09. The number of hydrogen-bond donors (Lipinski definition) is 2. The number of anilines is 1. The Labute approximate surface area is 113 Å². The molecule has 0 aliphatic carbocycles. The van der Waals surface area contributed by atoms with Crippen molar-refractivity contribution in [2.75, 3.05) is 19.0 Å². The van der Waals surface area contributed by atoms with Crippen LogP contribution in [-0.2, 0) is 9.53 Å². The number of nitrogens with one attached hydrogen (secondary N) is 1. The van der Waals surface area contributed by atoms with Gasteiger partial charge < -0.3 is 15.8 Å². The van der Waals surface area contributed by atoms with Gasteiger partial charge in [0, 0.05) is 25.3 Å². The third kappa shape index (κ3) is 6.00. The van der Waals surface area contributed by atoms with Gasteiger partial charge in [-0.15, -0.1) is 0 Å². The van der Waals surface area contributed by atoms with Crippen LogP contribution < -0.4 is 11.1 Å². The van der Waals surface area contributed by atoms with Crippen molar-refractivity contribution in [3.8, 4) is 11.8 Å². The summed E-state index contributed by atoms with van der Waals surface area (Å²) in [6.07, 6.45) is 2.75. The van der Waals surface area contributed by atoms with Gasteiger partial charge in [-0.3, -0.25) is 4.79 Å². The minimum atomic E-state index is -0.0830. The van der Waals surface area contributed by atoms with Gasteiger partial charge in [-0.25, -0.2) is 4.98 Å². The number of carbonyl (C=O) groups excluding carboxylic acids is 1. The van der Waals surface area contributed by atoms with E-state index in [2.05, 4.69) is 22.1 Å². The number of nitrogens with zero attached hydrogens (tertiary/aromatic N) is 1. The fourth-order valence-corrected chi connectivity index (χ4v) is 1.39. The SMILES string of the molecule is COC(C)CCC(=O)Nc1cc(C#CCN)ccn1. The topological polar surface area (TPSA) is 77.2 Å². The summed E-state index contributed by atoms with van der Waals surface area (Å²) in [5.41, 5.74) is 6.08. The Balaban J connectivity index is 2.54. The molecule has 5 heteroatoms. The third-order valence-electron chi connectivity index (χ3n) is 2.54. The summed E-state index contributed by atoms with van der Waals surface area (Å²) in [7, 11) is 1.63. The first-order chi connectivity index (χ1) is 9.15. The van der Waals surface area contributed by atoms with Gasteiger partial charge in [0.25, 0.3) is 0 Å². The third-order valence-corrected chi connectivity index (χ3v) is 2.54. The Morgan fingerprint density at radius 1 is 1.63 bits per heavy atom. The minimum Gasteiger partial charge on any atom is -0.382 e. The maximum Gasteiger partial charge on any atom is 0.225 e. The van der Waals surface area contributed by atoms with Crippen LogP contribution in [0, 0.1) is 11.8 Å². The molecule has 0 aromatic carbocycles. The largest absolute Gasteiger partial charge is 0.382 e. The molecule has 102 valence electrons. The first kappa shape index (κ1) is 15.2. The molecule has 1 aromatic rings. The van der Waals surface area contributed by atoms with Crippen molar-refractivity contribution in [3.05, 3.63) is 23.9 Å². The van der Waals surface area contributed by atoms with Crippen molar-refractivity contribution >= 4 is 11.7 Å². The minimum absolute atomic E-state index is 0.0699. The quantitative estimate of drug-likeness (QED) is 0.779. The standard InChI is InChI=1S/C14H19N3O2/c1-11(19-2)5-6-14(18)17-13-10-12(4-3-8-15)7-9-16-13/h7,9-11H,5-6,8,15H2,1-2H3,(H,16,17,18). The highest BCUT2D eigenvalue weighted by molar-refractivity contribution is 5.89. The van der Waals surface area contributed by atoms with E-state index in [1.807, 2.05) is 6.92 Å². The lowest BCUT2D eigenvalue weighted by Gasteiger charge is -2.09. The Morgan fingerprint density at radius 3 is 3.11 bits per heavy atom. The van der Waals surface area contributed by atoms with E-state index in [1.165, 1.54) is 0 Å². The van der Waals surface area contributed by atoms with E-state index in [1.54, 1.807) is 25.4 Å². The van der Waals surface area contributed by atoms with Crippen LogP contribution in [0.2, 0.25) is 0 Å². The molecule has 0 aliphatic rings. The van der Waals surface area contributed by atoms with Crippen molar-refractivity contribution in [1.29, 1.82) is 0 Å². The van der Waals surface area contributed by atoms with E-state index in [9.17, 15) is 4.79 Å². The Kier molecular flexibility index (Phi) is 6.58. The molecule has 1 rings (SSSR count). The van der Waals surface area contributed by atoms with Crippen LogP contribution >= 0.6 is 0 Å². The Hall–Kier alpha value is -1.90. The number of rotatable bonds is 5. The molecule has 1 unspecified atom stereocenters. The number of amides is 1. The van der Waals surface area contributed by atoms with Crippen LogP contribution in [-0.4, -0.2) is 30.6 Å². The first-order valence-corrected chi connectivity index (χ1v) is 6.13. The van der Waals surface area contributed by atoms with Crippen LogP contribution in [0.5, 0.6) is 0 Å². The zero-order valence-electron chi connectivity index (χ0n) is 11.3. The van der Waals surface area contributed by atoms with Gasteiger partial charge in [0.1, 0.15) is 5.82 Å². The highest BCUT2D eigenvalue weighted by atomic mass is 16.5. The molecular weight excluding hydrogens is 242 g/mol. The van der Waals surface area contributed by atoms with Crippen LogP contribution in [0.3, 0.4) is 0 Å². The fourth-order valence-electron chi connectivity index (χ4n) is 1.39. The van der Waals surface area contributed by atoms with E-state index < -0.39 is 0 Å². The van der Waals surface area contributed by atoms with Gasteiger partial charge in [0.05, 0.1) is 12.6 Å². The molecule has 1 atom stereocenters. The van der Waals surface area contributed by atoms with Crippen LogP contribution in [0.4, 0.5) is 5.82 Å². The lowest BCUT2D eigenvalue weighted by Crippen LogP contribution is -2.15. The molecule has 19 heavy (non-hydrogen) atoms. The van der Waals surface area contributed by atoms with Crippen LogP contribution in [0.15, 0.2) is 18.3 Å². The summed E-state index contributed by atoms with van der Waals surface area (Å²) in [5.74, 6) is 6.06. The molecule has 0 bridgehead atoms. The van der Waals surface area contributed by atoms with Gasteiger partial charge in [-0.2, -0.15) is 0 Å². The van der Waals surface area contributed by atoms with Crippen molar-refractivity contribution in [2.24, 2.45) is 5.73 Å². The molecule has 0 spiro atoms. The van der Waals surface area contributed by atoms with Crippen LogP contribution in [0.25, 0.3) is 0 Å². The normalized spacial score (nSPS) is 11.3. The van der Waals surface area contributed by atoms with E-state index in [4.69, 9.17) is 10.5 Å². The fraction of sp³-hybridized carbons (Fsp3) is 0.429. The highest BCUT2D eigenvalue weighted by Gasteiger charge is 2.06. The summed E-state index contributed by atoms with van der Waals surface area (Å²) in [6, 6.07) is 3.49. The molecule has 0 fully saturated rings. The summed E-state index contributed by atoms with van der Waals surface area (Å²) in [6.45, 7) is 2.23. The number of nitrogens with two attached hydrogens (primary N) is 1.